The second kappa shape index (κ2) is 17.0. The summed E-state index contributed by atoms with van der Waals surface area (Å²) in [4.78, 5) is 69.9. The van der Waals surface area contributed by atoms with E-state index in [1.165, 1.54) is 14.2 Å². The average molecular weight is 667 g/mol. The van der Waals surface area contributed by atoms with Crippen molar-refractivity contribution in [2.45, 2.75) is 96.8 Å². The van der Waals surface area contributed by atoms with Crippen LogP contribution >= 0.6 is 0 Å². The maximum Gasteiger partial charge on any atom is 0.407 e. The Morgan fingerprint density at radius 2 is 1.31 bits per heavy atom. The summed E-state index contributed by atoms with van der Waals surface area (Å²) in [5.41, 5.74) is 5.14. The molecule has 4 heterocycles. The van der Waals surface area contributed by atoms with Gasteiger partial charge in [0.2, 0.25) is 11.8 Å². The van der Waals surface area contributed by atoms with Crippen molar-refractivity contribution >= 4 is 24.0 Å². The highest BCUT2D eigenvalue weighted by molar-refractivity contribution is 5.87. The molecular weight excluding hydrogens is 616 g/mol. The van der Waals surface area contributed by atoms with Crippen LogP contribution < -0.4 is 10.6 Å². The Morgan fingerprint density at radius 1 is 0.833 bits per heavy atom. The minimum absolute atomic E-state index is 0.0886. The number of imidazole rings is 2. The zero-order valence-electron chi connectivity index (χ0n) is 28.9. The largest absolute Gasteiger partial charge is 0.453 e. The van der Waals surface area contributed by atoms with Crippen molar-refractivity contribution in [2.75, 3.05) is 27.3 Å². The predicted molar refractivity (Wildman–Crippen MR) is 178 cm³/mol. The highest BCUT2D eigenvalue weighted by Crippen LogP contribution is 2.32. The summed E-state index contributed by atoms with van der Waals surface area (Å²) in [7, 11) is 2.57. The number of nitrogens with one attached hydrogen (secondary N) is 4. The number of aryl methyl sites for hydroxylation is 1. The number of H-pyrrole nitrogens is 2. The smallest absolute Gasteiger partial charge is 0.407 e. The van der Waals surface area contributed by atoms with Crippen molar-refractivity contribution in [3.05, 3.63) is 53.3 Å². The molecule has 0 spiro atoms. The zero-order valence-corrected chi connectivity index (χ0v) is 28.9. The topological polar surface area (TPSA) is 175 Å². The van der Waals surface area contributed by atoms with Crippen molar-refractivity contribution < 1.29 is 28.7 Å². The third kappa shape index (κ3) is 9.06. The zero-order chi connectivity index (χ0) is 34.8. The second-order valence-corrected chi connectivity index (χ2v) is 13.0. The molecule has 0 bridgehead atoms. The number of hydrogen-bond acceptors (Lipinski definition) is 8. The number of likely N-dealkylation sites (tertiary alicyclic amines) is 2. The average Bonchev–Trinajstić information content (AvgIpc) is 3.89. The lowest BCUT2D eigenvalue weighted by molar-refractivity contribution is -0.136. The van der Waals surface area contributed by atoms with E-state index in [0.29, 0.717) is 19.5 Å². The molecular formula is C34H50N8O6. The summed E-state index contributed by atoms with van der Waals surface area (Å²) in [6, 6.07) is -1.67. The first kappa shape index (κ1) is 36.3. The molecule has 0 aliphatic carbocycles. The van der Waals surface area contributed by atoms with E-state index in [9.17, 15) is 19.2 Å². The molecule has 2 aliphatic heterocycles. The third-order valence-electron chi connectivity index (χ3n) is 8.90. The number of allylic oxidation sites excluding steroid dienone is 1. The molecule has 14 heteroatoms. The van der Waals surface area contributed by atoms with Crippen molar-refractivity contribution in [1.29, 1.82) is 0 Å². The Morgan fingerprint density at radius 3 is 1.79 bits per heavy atom. The molecule has 0 radical (unpaired) electrons. The number of ether oxygens (including phenoxy) is 2. The van der Waals surface area contributed by atoms with Gasteiger partial charge in [-0.1, -0.05) is 27.7 Å². The lowest BCUT2D eigenvalue weighted by Gasteiger charge is -2.30. The maximum atomic E-state index is 13.4. The van der Waals surface area contributed by atoms with Gasteiger partial charge in [-0.05, 0) is 62.5 Å². The van der Waals surface area contributed by atoms with Crippen LogP contribution in [-0.2, 0) is 31.9 Å². The van der Waals surface area contributed by atoms with Gasteiger partial charge < -0.3 is 39.9 Å². The van der Waals surface area contributed by atoms with E-state index in [1.54, 1.807) is 16.0 Å². The van der Waals surface area contributed by atoms with Gasteiger partial charge in [-0.3, -0.25) is 9.59 Å². The summed E-state index contributed by atoms with van der Waals surface area (Å²) >= 11 is 0. The van der Waals surface area contributed by atoms with E-state index >= 15 is 0 Å². The standard InChI is InChI=1S/C34H50N8O6/c1-21(2)27(39-33(45)47-5)31(43)41-17-11-15-25(41)29-35-19-23(37-29)13-9-7-8-10-14-24-20-36-30(38-24)26-16-12-18-42(26)32(44)28(22(3)4)40-34(46)48-6/h7,10,19-22,25-28H,9,11-18H2,1-6H3,(H,35,37)(H,36,38)(H,39,45)(H,40,46)/t8?,25?,26-,27?,28?/m0/s1. The molecule has 2 aromatic heterocycles. The first-order chi connectivity index (χ1) is 23.0. The van der Waals surface area contributed by atoms with Crippen molar-refractivity contribution in [3.63, 3.8) is 0 Å². The van der Waals surface area contributed by atoms with Gasteiger partial charge in [0.05, 0.1) is 26.3 Å². The quantitative estimate of drug-likeness (QED) is 0.231. The molecule has 4 atom stereocenters. The van der Waals surface area contributed by atoms with Crippen LogP contribution in [0.15, 0.2) is 30.3 Å². The molecule has 48 heavy (non-hydrogen) atoms. The molecule has 2 aromatic rings. The predicted octanol–water partition coefficient (Wildman–Crippen LogP) is 4.11. The summed E-state index contributed by atoms with van der Waals surface area (Å²) in [6.45, 7) is 8.80. The normalized spacial score (nSPS) is 18.8. The Kier molecular flexibility index (Phi) is 12.8. The Labute approximate surface area is 282 Å². The monoisotopic (exact) mass is 666 g/mol. The summed E-state index contributed by atoms with van der Waals surface area (Å²) < 4.78 is 9.44. The Hall–Kier alpha value is -4.58. The minimum atomic E-state index is -0.671. The lowest BCUT2D eigenvalue weighted by Crippen LogP contribution is -2.51. The second-order valence-electron chi connectivity index (χ2n) is 13.0. The van der Waals surface area contributed by atoms with Crippen LogP contribution in [0.2, 0.25) is 0 Å². The van der Waals surface area contributed by atoms with Crippen LogP contribution in [0.4, 0.5) is 9.59 Å². The summed E-state index contributed by atoms with van der Waals surface area (Å²) in [5, 5.41) is 5.35. The van der Waals surface area contributed by atoms with Gasteiger partial charge in [-0.15, -0.1) is 5.73 Å². The number of carbonyl (C=O) groups is 4. The molecule has 2 fully saturated rings. The van der Waals surface area contributed by atoms with Crippen LogP contribution in [0.5, 0.6) is 0 Å². The highest BCUT2D eigenvalue weighted by atomic mass is 16.5. The fourth-order valence-corrected chi connectivity index (χ4v) is 6.27. The van der Waals surface area contributed by atoms with Gasteiger partial charge in [0, 0.05) is 43.3 Å². The number of hydrogen-bond donors (Lipinski definition) is 4. The van der Waals surface area contributed by atoms with Gasteiger partial charge in [0.25, 0.3) is 0 Å². The number of rotatable bonds is 13. The number of methoxy groups -OCH3 is 2. The van der Waals surface area contributed by atoms with Crippen LogP contribution in [0.25, 0.3) is 0 Å². The molecule has 2 saturated heterocycles. The van der Waals surface area contributed by atoms with Crippen LogP contribution in [-0.4, -0.2) is 93.1 Å². The van der Waals surface area contributed by atoms with E-state index in [-0.39, 0.29) is 35.7 Å². The van der Waals surface area contributed by atoms with E-state index in [1.807, 2.05) is 46.0 Å². The minimum Gasteiger partial charge on any atom is -0.453 e. The fraction of sp³-hybridized carbons (Fsp3) is 0.618. The van der Waals surface area contributed by atoms with Crippen molar-refractivity contribution in [2.24, 2.45) is 11.8 Å². The molecule has 2 aliphatic rings. The van der Waals surface area contributed by atoms with E-state index in [2.05, 4.69) is 36.3 Å². The van der Waals surface area contributed by atoms with E-state index in [4.69, 9.17) is 9.47 Å². The number of amides is 4. The highest BCUT2D eigenvalue weighted by Gasteiger charge is 2.38. The lowest BCUT2D eigenvalue weighted by atomic mass is 10.0. The van der Waals surface area contributed by atoms with Gasteiger partial charge in [0.1, 0.15) is 23.7 Å². The molecule has 4 amide bonds. The SMILES string of the molecule is COC(=O)NC(C(=O)N1CCCC1c1ncc(CCC=C=CCc2cnc([C@@H]3CCCN3C(=O)C(NC(=O)OC)C(C)C)[nH]2)[nH]1)C(C)C. The fourth-order valence-electron chi connectivity index (χ4n) is 6.27. The van der Waals surface area contributed by atoms with Gasteiger partial charge in [-0.25, -0.2) is 19.6 Å². The van der Waals surface area contributed by atoms with Crippen LogP contribution in [0.3, 0.4) is 0 Å². The number of alkyl carbamates (subject to hydrolysis) is 2. The van der Waals surface area contributed by atoms with Crippen LogP contribution in [0, 0.1) is 11.8 Å². The van der Waals surface area contributed by atoms with Gasteiger partial charge >= 0.3 is 12.2 Å². The maximum absolute atomic E-state index is 13.4. The van der Waals surface area contributed by atoms with Crippen LogP contribution in [0.1, 0.15) is 94.9 Å². The van der Waals surface area contributed by atoms with E-state index < -0.39 is 24.3 Å². The summed E-state index contributed by atoms with van der Waals surface area (Å²) in [5.74, 6) is 1.06. The molecule has 4 rings (SSSR count). The summed E-state index contributed by atoms with van der Waals surface area (Å²) in [6.07, 6.45) is 11.7. The first-order valence-corrected chi connectivity index (χ1v) is 16.8. The number of nitrogens with zero attached hydrogens (tertiary/aromatic N) is 4. The molecule has 3 unspecified atom stereocenters. The number of aromatic amines is 2. The Bertz CT molecular complexity index is 1480. The molecule has 262 valence electrons. The van der Waals surface area contributed by atoms with Crippen molar-refractivity contribution in [3.8, 4) is 0 Å². The number of aromatic nitrogens is 4. The first-order valence-electron chi connectivity index (χ1n) is 16.8. The van der Waals surface area contributed by atoms with Gasteiger partial charge in [-0.2, -0.15) is 0 Å². The Balaban J connectivity index is 1.28. The third-order valence-corrected chi connectivity index (χ3v) is 8.90. The van der Waals surface area contributed by atoms with E-state index in [0.717, 1.165) is 61.6 Å². The molecule has 0 saturated carbocycles. The number of carbonyl (C=O) groups excluding carboxylic acids is 4. The van der Waals surface area contributed by atoms with Crippen molar-refractivity contribution in [1.82, 2.24) is 40.4 Å². The molecule has 4 N–H and O–H groups in total. The van der Waals surface area contributed by atoms with Gasteiger partial charge in [0.15, 0.2) is 0 Å². The molecule has 0 aromatic carbocycles. The molecule has 14 nitrogen and oxygen atoms in total.